The van der Waals surface area contributed by atoms with Gasteiger partial charge >= 0.3 is 5.69 Å². The minimum absolute atomic E-state index is 0.281. The molecule has 0 saturated carbocycles. The molecule has 0 aromatic carbocycles. The number of aromatic nitrogens is 5. The number of fused-ring (bicyclic) bond motifs is 1. The first-order chi connectivity index (χ1) is 9.63. The van der Waals surface area contributed by atoms with Crippen molar-refractivity contribution in [3.8, 4) is 0 Å². The molecule has 2 N–H and O–H groups in total. The zero-order chi connectivity index (χ0) is 14.1. The van der Waals surface area contributed by atoms with E-state index in [2.05, 4.69) is 25.5 Å². The number of nitrogens with one attached hydrogen (secondary N) is 2. The number of pyridine rings is 1. The summed E-state index contributed by atoms with van der Waals surface area (Å²) in [6.45, 7) is 4.28. The standard InChI is InChI=1S/C13H14N6O/c1-8-4-3-5-10(15-8)7-14-11-6-12-17-18-13(20)19(12)9(2)16-11/h3-6,14H,7H2,1-2H3,(H,18,20). The summed E-state index contributed by atoms with van der Waals surface area (Å²) in [5.41, 5.74) is 2.17. The molecule has 102 valence electrons. The lowest BCUT2D eigenvalue weighted by atomic mass is 10.3. The van der Waals surface area contributed by atoms with E-state index in [0.29, 0.717) is 23.8 Å². The molecule has 0 spiro atoms. The molecule has 0 fully saturated rings. The van der Waals surface area contributed by atoms with Crippen LogP contribution >= 0.6 is 0 Å². The molecule has 0 aliphatic heterocycles. The average molecular weight is 270 g/mol. The van der Waals surface area contributed by atoms with Crippen molar-refractivity contribution in [1.82, 2.24) is 24.6 Å². The van der Waals surface area contributed by atoms with Crippen molar-refractivity contribution in [2.75, 3.05) is 5.32 Å². The van der Waals surface area contributed by atoms with E-state index in [9.17, 15) is 4.79 Å². The first kappa shape index (κ1) is 12.3. The third-order valence-corrected chi connectivity index (χ3v) is 2.97. The van der Waals surface area contributed by atoms with Crippen molar-refractivity contribution in [1.29, 1.82) is 0 Å². The molecule has 0 aliphatic rings. The van der Waals surface area contributed by atoms with Gasteiger partial charge in [0.25, 0.3) is 0 Å². The Morgan fingerprint density at radius 1 is 1.30 bits per heavy atom. The number of nitrogens with zero attached hydrogens (tertiary/aromatic N) is 4. The summed E-state index contributed by atoms with van der Waals surface area (Å²) in [5.74, 6) is 1.25. The van der Waals surface area contributed by atoms with Gasteiger partial charge in [0.15, 0.2) is 5.65 Å². The Kier molecular flexibility index (Phi) is 2.94. The minimum atomic E-state index is -0.281. The van der Waals surface area contributed by atoms with E-state index in [4.69, 9.17) is 0 Å². The highest BCUT2D eigenvalue weighted by atomic mass is 16.1. The van der Waals surface area contributed by atoms with Crippen LogP contribution in [0.1, 0.15) is 17.2 Å². The third kappa shape index (κ3) is 2.25. The maximum absolute atomic E-state index is 11.5. The van der Waals surface area contributed by atoms with E-state index in [0.717, 1.165) is 11.4 Å². The molecule has 0 unspecified atom stereocenters. The van der Waals surface area contributed by atoms with E-state index < -0.39 is 0 Å². The lowest BCUT2D eigenvalue weighted by molar-refractivity contribution is 0.925. The number of anilines is 1. The average Bonchev–Trinajstić information content (AvgIpc) is 2.79. The molecule has 0 aliphatic carbocycles. The summed E-state index contributed by atoms with van der Waals surface area (Å²) < 4.78 is 1.43. The topological polar surface area (TPSA) is 88.0 Å². The molecule has 3 heterocycles. The lowest BCUT2D eigenvalue weighted by Gasteiger charge is -2.07. The van der Waals surface area contributed by atoms with Gasteiger partial charge in [-0.1, -0.05) is 6.07 Å². The Labute approximate surface area is 114 Å². The summed E-state index contributed by atoms with van der Waals surface area (Å²) in [6, 6.07) is 7.59. The molecule has 0 radical (unpaired) electrons. The van der Waals surface area contributed by atoms with Crippen LogP contribution in [0.5, 0.6) is 0 Å². The van der Waals surface area contributed by atoms with Gasteiger partial charge in [0.2, 0.25) is 0 Å². The molecule has 7 heteroatoms. The second-order valence-electron chi connectivity index (χ2n) is 4.53. The van der Waals surface area contributed by atoms with Crippen LogP contribution in [0.4, 0.5) is 5.82 Å². The zero-order valence-electron chi connectivity index (χ0n) is 11.2. The van der Waals surface area contributed by atoms with Gasteiger partial charge in [-0.3, -0.25) is 4.98 Å². The van der Waals surface area contributed by atoms with Crippen LogP contribution in [0.25, 0.3) is 5.65 Å². The predicted molar refractivity (Wildman–Crippen MR) is 74.6 cm³/mol. The fraction of sp³-hybridized carbons (Fsp3) is 0.231. The summed E-state index contributed by atoms with van der Waals surface area (Å²) in [4.78, 5) is 20.2. The number of H-pyrrole nitrogens is 1. The largest absolute Gasteiger partial charge is 0.364 e. The van der Waals surface area contributed by atoms with Crippen LogP contribution in [-0.4, -0.2) is 24.6 Å². The third-order valence-electron chi connectivity index (χ3n) is 2.97. The fourth-order valence-corrected chi connectivity index (χ4v) is 2.07. The Hall–Kier alpha value is -2.70. The van der Waals surface area contributed by atoms with Gasteiger partial charge in [-0.05, 0) is 26.0 Å². The molecule has 20 heavy (non-hydrogen) atoms. The Morgan fingerprint density at radius 2 is 2.15 bits per heavy atom. The van der Waals surface area contributed by atoms with Crippen LogP contribution < -0.4 is 11.0 Å². The van der Waals surface area contributed by atoms with E-state index in [1.807, 2.05) is 25.1 Å². The van der Waals surface area contributed by atoms with Crippen LogP contribution in [0.3, 0.4) is 0 Å². The molecule has 0 saturated heterocycles. The van der Waals surface area contributed by atoms with Gasteiger partial charge in [-0.15, -0.1) is 0 Å². The SMILES string of the molecule is Cc1cccc(CNc2cc3n[nH]c(=O)n3c(C)n2)n1. The second kappa shape index (κ2) is 4.76. The second-order valence-corrected chi connectivity index (χ2v) is 4.53. The summed E-state index contributed by atoms with van der Waals surface area (Å²) in [7, 11) is 0. The first-order valence-electron chi connectivity index (χ1n) is 6.25. The number of rotatable bonds is 3. The van der Waals surface area contributed by atoms with E-state index in [-0.39, 0.29) is 5.69 Å². The molecule has 3 rings (SSSR count). The van der Waals surface area contributed by atoms with Gasteiger partial charge in [-0.2, -0.15) is 5.10 Å². The monoisotopic (exact) mass is 270 g/mol. The van der Waals surface area contributed by atoms with Crippen molar-refractivity contribution < 1.29 is 0 Å². The number of aromatic amines is 1. The van der Waals surface area contributed by atoms with E-state index in [1.54, 1.807) is 13.0 Å². The minimum Gasteiger partial charge on any atom is -0.364 e. The van der Waals surface area contributed by atoms with Gasteiger partial charge in [-0.25, -0.2) is 19.3 Å². The summed E-state index contributed by atoms with van der Waals surface area (Å²) in [5, 5.41) is 9.53. The molecule has 3 aromatic heterocycles. The van der Waals surface area contributed by atoms with Crippen molar-refractivity contribution in [3.05, 3.63) is 52.0 Å². The highest BCUT2D eigenvalue weighted by Gasteiger charge is 2.06. The molecule has 0 atom stereocenters. The molecule has 0 amide bonds. The van der Waals surface area contributed by atoms with Gasteiger partial charge in [0.1, 0.15) is 11.6 Å². The maximum Gasteiger partial charge on any atom is 0.349 e. The molecular formula is C13H14N6O. The van der Waals surface area contributed by atoms with Crippen molar-refractivity contribution in [3.63, 3.8) is 0 Å². The Bertz CT molecular complexity index is 819. The highest BCUT2D eigenvalue weighted by Crippen LogP contribution is 2.09. The Morgan fingerprint density at radius 3 is 2.95 bits per heavy atom. The summed E-state index contributed by atoms with van der Waals surface area (Å²) >= 11 is 0. The highest BCUT2D eigenvalue weighted by molar-refractivity contribution is 5.49. The lowest BCUT2D eigenvalue weighted by Crippen LogP contribution is -2.14. The number of hydrogen-bond acceptors (Lipinski definition) is 5. The quantitative estimate of drug-likeness (QED) is 0.742. The molecule has 0 bridgehead atoms. The first-order valence-corrected chi connectivity index (χ1v) is 6.25. The normalized spacial score (nSPS) is 10.9. The fourth-order valence-electron chi connectivity index (χ4n) is 2.07. The van der Waals surface area contributed by atoms with Gasteiger partial charge < -0.3 is 5.32 Å². The van der Waals surface area contributed by atoms with Gasteiger partial charge in [0.05, 0.1) is 12.2 Å². The van der Waals surface area contributed by atoms with E-state index in [1.165, 1.54) is 4.40 Å². The molecule has 7 nitrogen and oxygen atoms in total. The predicted octanol–water partition coefficient (Wildman–Crippen LogP) is 1.04. The van der Waals surface area contributed by atoms with E-state index >= 15 is 0 Å². The smallest absolute Gasteiger partial charge is 0.349 e. The van der Waals surface area contributed by atoms with Crippen molar-refractivity contribution in [2.45, 2.75) is 20.4 Å². The summed E-state index contributed by atoms with van der Waals surface area (Å²) in [6.07, 6.45) is 0. The molecule has 3 aromatic rings. The maximum atomic E-state index is 11.5. The molecular weight excluding hydrogens is 256 g/mol. The van der Waals surface area contributed by atoms with Crippen LogP contribution in [0, 0.1) is 13.8 Å². The number of aryl methyl sites for hydroxylation is 2. The van der Waals surface area contributed by atoms with Gasteiger partial charge in [0, 0.05) is 11.8 Å². The zero-order valence-corrected chi connectivity index (χ0v) is 11.2. The van der Waals surface area contributed by atoms with Crippen molar-refractivity contribution >= 4 is 11.5 Å². The number of hydrogen-bond donors (Lipinski definition) is 2. The van der Waals surface area contributed by atoms with Crippen LogP contribution in [-0.2, 0) is 6.54 Å². The Balaban J connectivity index is 1.86. The van der Waals surface area contributed by atoms with Crippen LogP contribution in [0.2, 0.25) is 0 Å². The van der Waals surface area contributed by atoms with Crippen molar-refractivity contribution in [2.24, 2.45) is 0 Å². The van der Waals surface area contributed by atoms with Crippen LogP contribution in [0.15, 0.2) is 29.1 Å².